The first-order valence-corrected chi connectivity index (χ1v) is 16.2. The van der Waals surface area contributed by atoms with E-state index in [1.54, 1.807) is 30.3 Å². The van der Waals surface area contributed by atoms with E-state index in [1.807, 2.05) is 0 Å². The van der Waals surface area contributed by atoms with Crippen molar-refractivity contribution in [1.82, 2.24) is 0 Å². The van der Waals surface area contributed by atoms with Crippen LogP contribution in [0.3, 0.4) is 0 Å². The van der Waals surface area contributed by atoms with Gasteiger partial charge >= 0.3 is 0 Å². The average molecular weight is 713 g/mol. The highest BCUT2D eigenvalue weighted by molar-refractivity contribution is 5.55. The molecule has 0 saturated carbocycles. The highest BCUT2D eigenvalue weighted by atomic mass is 16.7. The SMILES string of the molecule is COc1cc([C@H]2OC[C@@H]3[C@H]2CO[C@@H]3c2cc(OC)c(O[C@H]3O[C@@H](CO)[C@H](O)[C@@H](O)[C@@H]3O)c(OC)c2)ccc1O[C@@H]1O[C@@H](CO)[C@H](O)[C@H](O)[C@H]1O. The van der Waals surface area contributed by atoms with Crippen LogP contribution < -0.4 is 23.7 Å². The van der Waals surface area contributed by atoms with E-state index in [1.165, 1.54) is 21.3 Å². The molecule has 50 heavy (non-hydrogen) atoms. The summed E-state index contributed by atoms with van der Waals surface area (Å²) in [6.45, 7) is -0.487. The fraction of sp³-hybridized carbons (Fsp3) is 0.636. The third-order valence-corrected chi connectivity index (χ3v) is 9.77. The second-order valence-corrected chi connectivity index (χ2v) is 12.6. The zero-order valence-electron chi connectivity index (χ0n) is 27.6. The van der Waals surface area contributed by atoms with Gasteiger partial charge in [0, 0.05) is 11.8 Å². The highest BCUT2D eigenvalue weighted by Crippen LogP contribution is 2.53. The van der Waals surface area contributed by atoms with Crippen molar-refractivity contribution in [3.63, 3.8) is 0 Å². The topological polar surface area (TPSA) is 245 Å². The fourth-order valence-corrected chi connectivity index (χ4v) is 6.94. The minimum atomic E-state index is -1.64. The summed E-state index contributed by atoms with van der Waals surface area (Å²) in [4.78, 5) is 0. The fourth-order valence-electron chi connectivity index (χ4n) is 6.94. The lowest BCUT2D eigenvalue weighted by molar-refractivity contribution is -0.277. The number of rotatable bonds is 11. The van der Waals surface area contributed by atoms with E-state index in [9.17, 15) is 40.9 Å². The van der Waals surface area contributed by atoms with Crippen LogP contribution in [0.15, 0.2) is 30.3 Å². The number of fused-ring (bicyclic) bond motifs is 1. The minimum absolute atomic E-state index is 0.0658. The molecule has 0 radical (unpaired) electrons. The van der Waals surface area contributed by atoms with Gasteiger partial charge in [0.25, 0.3) is 0 Å². The van der Waals surface area contributed by atoms with E-state index in [4.69, 9.17) is 42.6 Å². The molecule has 0 amide bonds. The third-order valence-electron chi connectivity index (χ3n) is 9.77. The summed E-state index contributed by atoms with van der Waals surface area (Å²) in [6, 6.07) is 8.53. The van der Waals surface area contributed by atoms with Crippen LogP contribution in [-0.2, 0) is 18.9 Å². The van der Waals surface area contributed by atoms with Crippen molar-refractivity contribution < 1.29 is 83.5 Å². The molecule has 4 heterocycles. The summed E-state index contributed by atoms with van der Waals surface area (Å²) in [5.41, 5.74) is 1.48. The van der Waals surface area contributed by atoms with Gasteiger partial charge in [0.2, 0.25) is 18.3 Å². The molecule has 17 nitrogen and oxygen atoms in total. The molecule has 0 spiro atoms. The van der Waals surface area contributed by atoms with Gasteiger partial charge in [-0.05, 0) is 35.4 Å². The van der Waals surface area contributed by atoms with Crippen LogP contribution in [0.5, 0.6) is 28.7 Å². The van der Waals surface area contributed by atoms with Gasteiger partial charge in [0.05, 0.1) is 60.0 Å². The first kappa shape index (κ1) is 36.7. The largest absolute Gasteiger partial charge is 0.493 e. The lowest BCUT2D eigenvalue weighted by atomic mass is 9.84. The van der Waals surface area contributed by atoms with E-state index >= 15 is 0 Å². The number of aliphatic hydroxyl groups is 8. The van der Waals surface area contributed by atoms with Gasteiger partial charge in [-0.1, -0.05) is 6.07 Å². The molecule has 0 unspecified atom stereocenters. The minimum Gasteiger partial charge on any atom is -0.493 e. The molecule has 2 aromatic carbocycles. The normalized spacial score (nSPS) is 38.4. The number of benzene rings is 2. The second kappa shape index (κ2) is 15.3. The summed E-state index contributed by atoms with van der Waals surface area (Å²) in [7, 11) is 4.28. The van der Waals surface area contributed by atoms with E-state index in [0.717, 1.165) is 5.56 Å². The molecule has 8 N–H and O–H groups in total. The standard InChI is InChI=1S/C33H44O17/c1-42-18-6-13(4-5-17(18)47-32-27(40)25(38)23(36)21(9-34)48-32)29-15-11-46-30(16(15)12-45-29)14-7-19(43-2)31(20(8-14)44-3)50-33-28(41)26(39)24(37)22(10-35)49-33/h4-8,15-16,21-30,32-41H,9-12H2,1-3H3/t15-,16-,21+,22+,23+,24+,25+,26-,27-,28+,29-,30-,32-,33-/m1/s1. The van der Waals surface area contributed by atoms with Crippen LogP contribution in [0.4, 0.5) is 0 Å². The Balaban J connectivity index is 1.18. The molecule has 4 aliphatic heterocycles. The maximum Gasteiger partial charge on any atom is 0.229 e. The summed E-state index contributed by atoms with van der Waals surface area (Å²) in [5, 5.41) is 80.6. The Bertz CT molecular complexity index is 1430. The second-order valence-electron chi connectivity index (χ2n) is 12.6. The predicted octanol–water partition coefficient (Wildman–Crippen LogP) is -1.85. The molecule has 0 aliphatic carbocycles. The van der Waals surface area contributed by atoms with Gasteiger partial charge in [0.15, 0.2) is 23.0 Å². The summed E-state index contributed by atoms with van der Waals surface area (Å²) in [6.07, 6.45) is -15.5. The average Bonchev–Trinajstić information content (AvgIpc) is 3.75. The van der Waals surface area contributed by atoms with Gasteiger partial charge in [-0.3, -0.25) is 0 Å². The highest BCUT2D eigenvalue weighted by Gasteiger charge is 2.50. The zero-order valence-corrected chi connectivity index (χ0v) is 27.6. The molecule has 17 heteroatoms. The number of methoxy groups -OCH3 is 3. The van der Waals surface area contributed by atoms with Gasteiger partial charge in [-0.2, -0.15) is 0 Å². The predicted molar refractivity (Wildman–Crippen MR) is 166 cm³/mol. The molecule has 4 saturated heterocycles. The molecule has 278 valence electrons. The maximum atomic E-state index is 10.5. The molecule has 4 fully saturated rings. The van der Waals surface area contributed by atoms with E-state index < -0.39 is 80.7 Å². The Morgan fingerprint density at radius 2 is 1.02 bits per heavy atom. The quantitative estimate of drug-likeness (QED) is 0.127. The number of aliphatic hydroxyl groups excluding tert-OH is 8. The van der Waals surface area contributed by atoms with Crippen LogP contribution >= 0.6 is 0 Å². The lowest BCUT2D eigenvalue weighted by Gasteiger charge is -2.39. The van der Waals surface area contributed by atoms with E-state index in [2.05, 4.69) is 0 Å². The van der Waals surface area contributed by atoms with Crippen LogP contribution in [-0.4, -0.2) is 150 Å². The monoisotopic (exact) mass is 712 g/mol. The molecule has 0 aromatic heterocycles. The van der Waals surface area contributed by atoms with Gasteiger partial charge in [-0.15, -0.1) is 0 Å². The third kappa shape index (κ3) is 6.69. The summed E-state index contributed by atoms with van der Waals surface area (Å²) in [5.74, 6) is 0.854. The molecule has 2 aromatic rings. The number of hydrogen-bond donors (Lipinski definition) is 8. The zero-order chi connectivity index (χ0) is 35.9. The van der Waals surface area contributed by atoms with Gasteiger partial charge < -0.3 is 83.5 Å². The molecule has 14 atom stereocenters. The summed E-state index contributed by atoms with van der Waals surface area (Å²) >= 11 is 0. The molecule has 0 bridgehead atoms. The van der Waals surface area contributed by atoms with Crippen molar-refractivity contribution in [2.75, 3.05) is 47.8 Å². The Morgan fingerprint density at radius 3 is 1.50 bits per heavy atom. The molecular formula is C33H44O17. The number of hydrogen-bond acceptors (Lipinski definition) is 17. The van der Waals surface area contributed by atoms with Crippen LogP contribution in [0.1, 0.15) is 23.3 Å². The van der Waals surface area contributed by atoms with Crippen molar-refractivity contribution in [3.8, 4) is 28.7 Å². The first-order valence-electron chi connectivity index (χ1n) is 16.2. The van der Waals surface area contributed by atoms with Crippen molar-refractivity contribution in [2.24, 2.45) is 11.8 Å². The molecular weight excluding hydrogens is 668 g/mol. The van der Waals surface area contributed by atoms with Crippen LogP contribution in [0.25, 0.3) is 0 Å². The van der Waals surface area contributed by atoms with E-state index in [-0.39, 0.29) is 40.9 Å². The molecule has 4 aliphatic rings. The van der Waals surface area contributed by atoms with Crippen molar-refractivity contribution >= 4 is 0 Å². The number of ether oxygens (including phenoxy) is 9. The first-order chi connectivity index (χ1) is 24.0. The van der Waals surface area contributed by atoms with Crippen LogP contribution in [0, 0.1) is 11.8 Å². The Kier molecular flexibility index (Phi) is 11.2. The Morgan fingerprint density at radius 1 is 0.560 bits per heavy atom. The smallest absolute Gasteiger partial charge is 0.229 e. The lowest BCUT2D eigenvalue weighted by Crippen LogP contribution is -2.60. The maximum absolute atomic E-state index is 10.5. The van der Waals surface area contributed by atoms with Crippen molar-refractivity contribution in [1.29, 1.82) is 0 Å². The van der Waals surface area contributed by atoms with E-state index in [0.29, 0.717) is 24.5 Å². The van der Waals surface area contributed by atoms with Gasteiger partial charge in [-0.25, -0.2) is 0 Å². The van der Waals surface area contributed by atoms with Crippen molar-refractivity contribution in [2.45, 2.75) is 73.6 Å². The molecule has 6 rings (SSSR count). The Labute approximate surface area is 287 Å². The van der Waals surface area contributed by atoms with Crippen molar-refractivity contribution in [3.05, 3.63) is 41.5 Å². The Hall–Kier alpha value is -3.04. The van der Waals surface area contributed by atoms with Crippen LogP contribution in [0.2, 0.25) is 0 Å². The summed E-state index contributed by atoms with van der Waals surface area (Å²) < 4.78 is 52.1. The van der Waals surface area contributed by atoms with Gasteiger partial charge in [0.1, 0.15) is 48.8 Å².